The maximum atomic E-state index is 12.1. The van der Waals surface area contributed by atoms with Crippen LogP contribution in [-0.4, -0.2) is 22.6 Å². The molecule has 0 atom stereocenters. The van der Waals surface area contributed by atoms with Gasteiger partial charge in [-0.3, -0.25) is 0 Å². The summed E-state index contributed by atoms with van der Waals surface area (Å²) in [7, 11) is 0. The number of aromatic carboxylic acids is 1. The van der Waals surface area contributed by atoms with Crippen molar-refractivity contribution in [1.82, 2.24) is 5.32 Å². The molecule has 0 aliphatic carbocycles. The minimum Gasteiger partial charge on any atom is -0.478 e. The van der Waals surface area contributed by atoms with Gasteiger partial charge in [0.05, 0.1) is 16.3 Å². The molecule has 0 aromatic heterocycles. The molecule has 0 bridgehead atoms. The second-order valence-electron chi connectivity index (χ2n) is 4.92. The van der Waals surface area contributed by atoms with E-state index in [-0.39, 0.29) is 22.8 Å². The quantitative estimate of drug-likeness (QED) is 0.739. The monoisotopic (exact) mass is 312 g/mol. The Balaban J connectivity index is 2.88. The summed E-state index contributed by atoms with van der Waals surface area (Å²) in [5.74, 6) is -1.07. The molecular formula is C15H21ClN2O3. The average Bonchev–Trinajstić information content (AvgIpc) is 2.47. The first kappa shape index (κ1) is 17.3. The number of urea groups is 1. The molecule has 0 spiro atoms. The molecule has 21 heavy (non-hydrogen) atoms. The van der Waals surface area contributed by atoms with Crippen molar-refractivity contribution in [2.24, 2.45) is 0 Å². The molecule has 0 aliphatic rings. The zero-order valence-corrected chi connectivity index (χ0v) is 13.3. The molecule has 0 saturated carbocycles. The molecule has 5 nitrogen and oxygen atoms in total. The highest BCUT2D eigenvalue weighted by Crippen LogP contribution is 2.24. The molecule has 1 aromatic rings. The van der Waals surface area contributed by atoms with Gasteiger partial charge in [-0.15, -0.1) is 0 Å². The fourth-order valence-corrected chi connectivity index (χ4v) is 2.33. The summed E-state index contributed by atoms with van der Waals surface area (Å²) in [6.07, 6.45) is 2.45. The fourth-order valence-electron chi connectivity index (χ4n) is 2.16. The van der Waals surface area contributed by atoms with Crippen molar-refractivity contribution in [3.05, 3.63) is 28.8 Å². The van der Waals surface area contributed by atoms with Gasteiger partial charge in [-0.05, 0) is 37.5 Å². The van der Waals surface area contributed by atoms with Crippen LogP contribution in [0.4, 0.5) is 10.5 Å². The minimum absolute atomic E-state index is 0.0717. The SMILES string of the molecule is CCC(CC)(CC)NC(=O)Nc1cc(C(=O)O)ccc1Cl. The van der Waals surface area contributed by atoms with Gasteiger partial charge in [-0.25, -0.2) is 9.59 Å². The zero-order valence-electron chi connectivity index (χ0n) is 12.5. The van der Waals surface area contributed by atoms with Crippen LogP contribution in [0, 0.1) is 0 Å². The highest BCUT2D eigenvalue weighted by atomic mass is 35.5. The van der Waals surface area contributed by atoms with E-state index < -0.39 is 5.97 Å². The van der Waals surface area contributed by atoms with E-state index >= 15 is 0 Å². The Kier molecular flexibility index (Phi) is 6.03. The molecule has 0 radical (unpaired) electrons. The molecule has 116 valence electrons. The number of halogens is 1. The summed E-state index contributed by atoms with van der Waals surface area (Å²) in [5.41, 5.74) is 0.0924. The number of nitrogens with one attached hydrogen (secondary N) is 2. The Morgan fingerprint density at radius 2 is 1.76 bits per heavy atom. The normalized spacial score (nSPS) is 11.0. The van der Waals surface area contributed by atoms with Crippen molar-refractivity contribution in [2.45, 2.75) is 45.6 Å². The van der Waals surface area contributed by atoms with E-state index in [2.05, 4.69) is 10.6 Å². The third-order valence-electron chi connectivity index (χ3n) is 3.87. The molecule has 0 unspecified atom stereocenters. The second kappa shape index (κ2) is 7.31. The predicted molar refractivity (Wildman–Crippen MR) is 84.2 cm³/mol. The summed E-state index contributed by atoms with van der Waals surface area (Å²) in [4.78, 5) is 23.1. The number of carboxylic acid groups (broad SMARTS) is 1. The number of benzene rings is 1. The Morgan fingerprint density at radius 3 is 2.24 bits per heavy atom. The van der Waals surface area contributed by atoms with Crippen LogP contribution >= 0.6 is 11.6 Å². The standard InChI is InChI=1S/C15H21ClN2O3/c1-4-15(5-2,6-3)18-14(21)17-12-9-10(13(19)20)7-8-11(12)16/h7-9H,4-6H2,1-3H3,(H,19,20)(H2,17,18,21). The van der Waals surface area contributed by atoms with Gasteiger partial charge >= 0.3 is 12.0 Å². The summed E-state index contributed by atoms with van der Waals surface area (Å²) >= 11 is 5.98. The van der Waals surface area contributed by atoms with Gasteiger partial charge in [0, 0.05) is 5.54 Å². The molecule has 0 saturated heterocycles. The van der Waals surface area contributed by atoms with Gasteiger partial charge in [-0.2, -0.15) is 0 Å². The van der Waals surface area contributed by atoms with E-state index in [0.29, 0.717) is 5.02 Å². The molecule has 3 N–H and O–H groups in total. The van der Waals surface area contributed by atoms with Crippen molar-refractivity contribution in [3.63, 3.8) is 0 Å². The van der Waals surface area contributed by atoms with Crippen molar-refractivity contribution < 1.29 is 14.7 Å². The first-order valence-electron chi connectivity index (χ1n) is 6.99. The van der Waals surface area contributed by atoms with Crippen LogP contribution in [-0.2, 0) is 0 Å². The molecule has 2 amide bonds. The summed E-state index contributed by atoms with van der Waals surface area (Å²) in [6, 6.07) is 3.80. The lowest BCUT2D eigenvalue weighted by molar-refractivity contribution is 0.0697. The summed E-state index contributed by atoms with van der Waals surface area (Å²) in [6.45, 7) is 6.06. The molecule has 0 fully saturated rings. The fraction of sp³-hybridized carbons (Fsp3) is 0.467. The van der Waals surface area contributed by atoms with Crippen LogP contribution in [0.2, 0.25) is 5.02 Å². The van der Waals surface area contributed by atoms with E-state index in [4.69, 9.17) is 16.7 Å². The topological polar surface area (TPSA) is 78.4 Å². The number of amides is 2. The van der Waals surface area contributed by atoms with Gasteiger partial charge in [0.2, 0.25) is 0 Å². The molecule has 1 aromatic carbocycles. The van der Waals surface area contributed by atoms with Crippen LogP contribution in [0.1, 0.15) is 50.4 Å². The van der Waals surface area contributed by atoms with Gasteiger partial charge in [0.15, 0.2) is 0 Å². The van der Waals surface area contributed by atoms with Gasteiger partial charge in [-0.1, -0.05) is 32.4 Å². The van der Waals surface area contributed by atoms with Crippen molar-refractivity contribution in [3.8, 4) is 0 Å². The Labute approximate surface area is 129 Å². The summed E-state index contributed by atoms with van der Waals surface area (Å²) < 4.78 is 0. The zero-order chi connectivity index (χ0) is 16.0. The largest absolute Gasteiger partial charge is 0.478 e. The average molecular weight is 313 g/mol. The molecule has 6 heteroatoms. The smallest absolute Gasteiger partial charge is 0.335 e. The highest BCUT2D eigenvalue weighted by Gasteiger charge is 2.26. The van der Waals surface area contributed by atoms with Crippen molar-refractivity contribution in [2.75, 3.05) is 5.32 Å². The van der Waals surface area contributed by atoms with E-state index in [0.717, 1.165) is 19.3 Å². The van der Waals surface area contributed by atoms with E-state index in [1.54, 1.807) is 0 Å². The van der Waals surface area contributed by atoms with Crippen LogP contribution in [0.25, 0.3) is 0 Å². The number of rotatable bonds is 6. The maximum Gasteiger partial charge on any atom is 0.335 e. The van der Waals surface area contributed by atoms with Crippen molar-refractivity contribution in [1.29, 1.82) is 0 Å². The van der Waals surface area contributed by atoms with Gasteiger partial charge in [0.1, 0.15) is 0 Å². The van der Waals surface area contributed by atoms with Gasteiger partial charge in [0.25, 0.3) is 0 Å². The Morgan fingerprint density at radius 1 is 1.19 bits per heavy atom. The van der Waals surface area contributed by atoms with Crippen LogP contribution in [0.5, 0.6) is 0 Å². The summed E-state index contributed by atoms with van der Waals surface area (Å²) in [5, 5.41) is 14.8. The first-order chi connectivity index (χ1) is 9.87. The van der Waals surface area contributed by atoms with E-state index in [1.165, 1.54) is 18.2 Å². The number of carbonyl (C=O) groups excluding carboxylic acids is 1. The third kappa shape index (κ3) is 4.36. The van der Waals surface area contributed by atoms with Crippen LogP contribution in [0.15, 0.2) is 18.2 Å². The van der Waals surface area contributed by atoms with Gasteiger partial charge < -0.3 is 15.7 Å². The maximum absolute atomic E-state index is 12.1. The van der Waals surface area contributed by atoms with E-state index in [9.17, 15) is 9.59 Å². The minimum atomic E-state index is -1.07. The molecule has 1 rings (SSSR count). The predicted octanol–water partition coefficient (Wildman–Crippen LogP) is 4.13. The second-order valence-corrected chi connectivity index (χ2v) is 5.33. The lowest BCUT2D eigenvalue weighted by Gasteiger charge is -2.31. The Bertz CT molecular complexity index is 519. The number of hydrogen-bond acceptors (Lipinski definition) is 2. The van der Waals surface area contributed by atoms with Crippen molar-refractivity contribution >= 4 is 29.3 Å². The number of carboxylic acids is 1. The van der Waals surface area contributed by atoms with Crippen LogP contribution in [0.3, 0.4) is 0 Å². The van der Waals surface area contributed by atoms with Crippen LogP contribution < -0.4 is 10.6 Å². The molecule has 0 heterocycles. The number of carbonyl (C=O) groups is 2. The molecule has 0 aliphatic heterocycles. The first-order valence-corrected chi connectivity index (χ1v) is 7.37. The third-order valence-corrected chi connectivity index (χ3v) is 4.20. The highest BCUT2D eigenvalue weighted by molar-refractivity contribution is 6.33. The number of anilines is 1. The molecular weight excluding hydrogens is 292 g/mol. The Hall–Kier alpha value is -1.75. The lowest BCUT2D eigenvalue weighted by Crippen LogP contribution is -2.48. The number of hydrogen-bond donors (Lipinski definition) is 3. The van der Waals surface area contributed by atoms with E-state index in [1.807, 2.05) is 20.8 Å². The lowest BCUT2D eigenvalue weighted by atomic mass is 9.90.